The van der Waals surface area contributed by atoms with Crippen LogP contribution in [0.3, 0.4) is 0 Å². The Kier molecular flexibility index (Phi) is 5.82. The third-order valence-electron chi connectivity index (χ3n) is 9.26. The maximum atomic E-state index is 7.09. The quantitative estimate of drug-likeness (QED) is 0.421. The standard InChI is InChI=1S/C27H40NO2P/c1-18-8-7-9-19(2)28(18)31-29-24-16-14-20-10-3-5-12-22(20)26(24)27-23-13-6-4-11-21(23)15-17-25(27)30-31/h14,16,18-19,21,23,25,27H,3-13,15,17H2,1-2H3/t18-,19+,21?,23?,25-,27+,31?/m1/s1. The normalized spacial score (nSPS) is 40.5. The van der Waals surface area contributed by atoms with Gasteiger partial charge >= 0.3 is 8.53 Å². The third kappa shape index (κ3) is 3.68. The zero-order valence-electron chi connectivity index (χ0n) is 19.5. The summed E-state index contributed by atoms with van der Waals surface area (Å²) in [5, 5.41) is 0. The van der Waals surface area contributed by atoms with E-state index in [4.69, 9.17) is 9.05 Å². The van der Waals surface area contributed by atoms with Crippen LogP contribution in [-0.2, 0) is 17.4 Å². The molecule has 0 radical (unpaired) electrons. The van der Waals surface area contributed by atoms with E-state index in [0.29, 0.717) is 24.1 Å². The van der Waals surface area contributed by atoms with Crippen LogP contribution in [0.4, 0.5) is 0 Å². The van der Waals surface area contributed by atoms with Gasteiger partial charge in [0.05, 0.1) is 6.10 Å². The van der Waals surface area contributed by atoms with Crippen LogP contribution in [-0.4, -0.2) is 22.9 Å². The molecule has 3 unspecified atom stereocenters. The highest BCUT2D eigenvalue weighted by atomic mass is 31.2. The largest absolute Gasteiger partial charge is 0.435 e. The fraction of sp³-hybridized carbons (Fsp3) is 0.778. The van der Waals surface area contributed by atoms with E-state index >= 15 is 0 Å². The van der Waals surface area contributed by atoms with Gasteiger partial charge in [-0.2, -0.15) is 0 Å². The fourth-order valence-electron chi connectivity index (χ4n) is 7.75. The van der Waals surface area contributed by atoms with E-state index in [1.165, 1.54) is 89.2 Å². The van der Waals surface area contributed by atoms with Gasteiger partial charge in [-0.25, -0.2) is 4.67 Å². The molecular weight excluding hydrogens is 401 g/mol. The predicted octanol–water partition coefficient (Wildman–Crippen LogP) is 7.52. The van der Waals surface area contributed by atoms with Crippen molar-refractivity contribution in [3.05, 3.63) is 28.8 Å². The Balaban J connectivity index is 1.44. The molecule has 1 aromatic carbocycles. The number of benzene rings is 1. The summed E-state index contributed by atoms with van der Waals surface area (Å²) in [5.41, 5.74) is 4.86. The Hall–Kier alpha value is -0.630. The molecule has 1 aromatic rings. The van der Waals surface area contributed by atoms with E-state index in [0.717, 1.165) is 11.8 Å². The minimum atomic E-state index is -1.03. The minimum absolute atomic E-state index is 0.349. The molecule has 0 bridgehead atoms. The Bertz CT molecular complexity index is 803. The van der Waals surface area contributed by atoms with Crippen LogP contribution in [0.1, 0.15) is 107 Å². The van der Waals surface area contributed by atoms with Crippen LogP contribution in [0.5, 0.6) is 5.75 Å². The van der Waals surface area contributed by atoms with Crippen LogP contribution in [0, 0.1) is 11.8 Å². The fourth-order valence-corrected chi connectivity index (χ4v) is 9.67. The van der Waals surface area contributed by atoms with Crippen LogP contribution in [0.15, 0.2) is 12.1 Å². The second-order valence-electron chi connectivity index (χ2n) is 11.1. The first-order valence-electron chi connectivity index (χ1n) is 13.3. The van der Waals surface area contributed by atoms with Crippen LogP contribution in [0.25, 0.3) is 0 Å². The summed E-state index contributed by atoms with van der Waals surface area (Å²) in [5.74, 6) is 3.46. The molecule has 3 aliphatic carbocycles. The van der Waals surface area contributed by atoms with Gasteiger partial charge in [-0.05, 0) is 101 Å². The number of hydrogen-bond donors (Lipinski definition) is 0. The molecule has 4 heteroatoms. The van der Waals surface area contributed by atoms with Crippen molar-refractivity contribution in [3.8, 4) is 5.75 Å². The topological polar surface area (TPSA) is 21.7 Å². The SMILES string of the molecule is C[C@@H]1CCC[C@H](C)N1P1Oc2ccc3c(c2[C@H]2C4CCCCC4CC[C@H]2O1)CCCC3. The highest BCUT2D eigenvalue weighted by Gasteiger charge is 2.49. The molecule has 0 amide bonds. The second kappa shape index (κ2) is 8.62. The summed E-state index contributed by atoms with van der Waals surface area (Å²) in [6.45, 7) is 4.78. The Labute approximate surface area is 190 Å². The van der Waals surface area contributed by atoms with Gasteiger partial charge < -0.3 is 9.05 Å². The summed E-state index contributed by atoms with van der Waals surface area (Å²) in [7, 11) is -1.03. The summed E-state index contributed by atoms with van der Waals surface area (Å²) >= 11 is 0. The lowest BCUT2D eigenvalue weighted by Gasteiger charge is -2.46. The van der Waals surface area contributed by atoms with E-state index < -0.39 is 8.53 Å². The van der Waals surface area contributed by atoms with E-state index in [1.54, 1.807) is 16.7 Å². The Morgan fingerprint density at radius 2 is 1.65 bits per heavy atom. The number of nitrogens with zero attached hydrogens (tertiary/aromatic N) is 1. The van der Waals surface area contributed by atoms with Crippen molar-refractivity contribution in [3.63, 3.8) is 0 Å². The second-order valence-corrected chi connectivity index (χ2v) is 12.4. The molecule has 5 aliphatic rings. The number of hydrogen-bond acceptors (Lipinski definition) is 3. The lowest BCUT2D eigenvalue weighted by molar-refractivity contribution is 0.0339. The predicted molar refractivity (Wildman–Crippen MR) is 128 cm³/mol. The van der Waals surface area contributed by atoms with Gasteiger partial charge in [-0.15, -0.1) is 0 Å². The molecule has 3 fully saturated rings. The number of piperidine rings is 1. The average Bonchev–Trinajstić information content (AvgIpc) is 2.96. The zero-order chi connectivity index (χ0) is 20.9. The third-order valence-corrected chi connectivity index (χ3v) is 11.2. The first-order valence-corrected chi connectivity index (χ1v) is 14.4. The lowest BCUT2D eigenvalue weighted by atomic mass is 9.61. The van der Waals surface area contributed by atoms with Gasteiger partial charge in [-0.1, -0.05) is 31.7 Å². The van der Waals surface area contributed by atoms with Crippen LogP contribution < -0.4 is 4.52 Å². The van der Waals surface area contributed by atoms with E-state index in [2.05, 4.69) is 30.7 Å². The molecule has 1 saturated heterocycles. The molecule has 0 N–H and O–H groups in total. The first-order chi connectivity index (χ1) is 15.2. The molecule has 2 aliphatic heterocycles. The van der Waals surface area contributed by atoms with Crippen molar-refractivity contribution in [2.45, 2.75) is 121 Å². The highest BCUT2D eigenvalue weighted by molar-refractivity contribution is 7.45. The molecule has 2 saturated carbocycles. The first kappa shape index (κ1) is 20.9. The van der Waals surface area contributed by atoms with Crippen LogP contribution >= 0.6 is 8.53 Å². The number of fused-ring (bicyclic) bond motifs is 7. The van der Waals surface area contributed by atoms with Gasteiger partial charge in [0.15, 0.2) is 0 Å². The monoisotopic (exact) mass is 441 g/mol. The average molecular weight is 442 g/mol. The van der Waals surface area contributed by atoms with Crippen molar-refractivity contribution >= 4 is 8.53 Å². The smallest absolute Gasteiger partial charge is 0.321 e. The van der Waals surface area contributed by atoms with E-state index in [-0.39, 0.29) is 0 Å². The molecule has 3 nitrogen and oxygen atoms in total. The van der Waals surface area contributed by atoms with Crippen molar-refractivity contribution in [2.75, 3.05) is 0 Å². The molecule has 170 valence electrons. The molecule has 0 spiro atoms. The van der Waals surface area contributed by atoms with Gasteiger partial charge in [0, 0.05) is 23.6 Å². The molecule has 0 aromatic heterocycles. The Morgan fingerprint density at radius 1 is 0.839 bits per heavy atom. The summed E-state index contributed by atoms with van der Waals surface area (Å²) in [6.07, 6.45) is 17.7. The zero-order valence-corrected chi connectivity index (χ0v) is 20.4. The van der Waals surface area contributed by atoms with E-state index in [1.807, 2.05) is 0 Å². The number of rotatable bonds is 1. The van der Waals surface area contributed by atoms with Crippen molar-refractivity contribution < 1.29 is 9.05 Å². The maximum Gasteiger partial charge on any atom is 0.321 e. The van der Waals surface area contributed by atoms with Crippen molar-refractivity contribution in [1.82, 2.24) is 4.67 Å². The molecular formula is C27H40NO2P. The van der Waals surface area contributed by atoms with Crippen molar-refractivity contribution in [2.24, 2.45) is 11.8 Å². The van der Waals surface area contributed by atoms with E-state index in [9.17, 15) is 0 Å². The van der Waals surface area contributed by atoms with Gasteiger partial charge in [0.25, 0.3) is 0 Å². The van der Waals surface area contributed by atoms with Gasteiger partial charge in [0.1, 0.15) is 5.75 Å². The van der Waals surface area contributed by atoms with Crippen molar-refractivity contribution in [1.29, 1.82) is 0 Å². The molecule has 7 atom stereocenters. The summed E-state index contributed by atoms with van der Waals surface area (Å²) < 4.78 is 16.7. The Morgan fingerprint density at radius 3 is 2.52 bits per heavy atom. The van der Waals surface area contributed by atoms with Gasteiger partial charge in [-0.3, -0.25) is 0 Å². The molecule has 2 heterocycles. The van der Waals surface area contributed by atoms with Gasteiger partial charge in [0.2, 0.25) is 0 Å². The highest BCUT2D eigenvalue weighted by Crippen LogP contribution is 2.61. The molecule has 31 heavy (non-hydrogen) atoms. The maximum absolute atomic E-state index is 7.09. The molecule has 6 rings (SSSR count). The summed E-state index contributed by atoms with van der Waals surface area (Å²) in [4.78, 5) is 0. The summed E-state index contributed by atoms with van der Waals surface area (Å²) in [6, 6.07) is 5.84. The van der Waals surface area contributed by atoms with Crippen LogP contribution in [0.2, 0.25) is 0 Å². The minimum Gasteiger partial charge on any atom is -0.435 e. The number of aryl methyl sites for hydroxylation is 1. The lowest BCUT2D eigenvalue weighted by Crippen LogP contribution is -2.43.